The molecule has 0 bridgehead atoms. The predicted octanol–water partition coefficient (Wildman–Crippen LogP) is 4.20. The van der Waals surface area contributed by atoms with E-state index in [1.54, 1.807) is 0 Å². The van der Waals surface area contributed by atoms with Gasteiger partial charge in [-0.3, -0.25) is 4.79 Å². The number of nitrogens with one attached hydrogen (secondary N) is 1. The summed E-state index contributed by atoms with van der Waals surface area (Å²) in [7, 11) is 0. The van der Waals surface area contributed by atoms with Crippen molar-refractivity contribution >= 4 is 11.5 Å². The summed E-state index contributed by atoms with van der Waals surface area (Å²) >= 11 is 0. The maximum Gasteiger partial charge on any atom is 0.166 e. The normalized spacial score (nSPS) is 10.7. The van der Waals surface area contributed by atoms with Crippen molar-refractivity contribution < 1.29 is 4.79 Å². The van der Waals surface area contributed by atoms with Crippen LogP contribution in [-0.4, -0.2) is 10.8 Å². The van der Waals surface area contributed by atoms with Crippen molar-refractivity contribution in [2.45, 2.75) is 39.5 Å². The van der Waals surface area contributed by atoms with Crippen LogP contribution >= 0.6 is 0 Å². The Morgan fingerprint density at radius 2 is 1.85 bits per heavy atom. The highest BCUT2D eigenvalue weighted by Crippen LogP contribution is 2.32. The maximum absolute atomic E-state index is 12.3. The van der Waals surface area contributed by atoms with E-state index in [1.807, 2.05) is 37.3 Å². The first-order valence-electron chi connectivity index (χ1n) is 7.27. The van der Waals surface area contributed by atoms with Crippen LogP contribution in [0.4, 0.5) is 5.69 Å². The van der Waals surface area contributed by atoms with Crippen LogP contribution in [-0.2, 0) is 6.42 Å². The van der Waals surface area contributed by atoms with Crippen LogP contribution < -0.4 is 5.73 Å². The summed E-state index contributed by atoms with van der Waals surface area (Å²) in [5.74, 6) is 0.145. The lowest BCUT2D eigenvalue weighted by Crippen LogP contribution is -2.04. The maximum atomic E-state index is 12.3. The molecule has 0 saturated heterocycles. The van der Waals surface area contributed by atoms with Gasteiger partial charge in [0, 0.05) is 17.7 Å². The van der Waals surface area contributed by atoms with Crippen molar-refractivity contribution in [1.29, 1.82) is 0 Å². The lowest BCUT2D eigenvalue weighted by Gasteiger charge is -2.03. The Balaban J connectivity index is 2.50. The summed E-state index contributed by atoms with van der Waals surface area (Å²) in [4.78, 5) is 15.7. The van der Waals surface area contributed by atoms with E-state index in [1.165, 1.54) is 0 Å². The molecule has 0 saturated carbocycles. The Morgan fingerprint density at radius 3 is 2.45 bits per heavy atom. The Morgan fingerprint density at radius 1 is 1.15 bits per heavy atom. The summed E-state index contributed by atoms with van der Waals surface area (Å²) in [6.45, 7) is 4.12. The molecular weight excluding hydrogens is 248 g/mol. The van der Waals surface area contributed by atoms with Crippen LogP contribution in [0.5, 0.6) is 0 Å². The number of anilines is 1. The number of aryl methyl sites for hydroxylation is 1. The largest absolute Gasteiger partial charge is 0.396 e. The molecule has 2 rings (SSSR count). The fourth-order valence-electron chi connectivity index (χ4n) is 2.51. The molecule has 3 nitrogen and oxygen atoms in total. The van der Waals surface area contributed by atoms with Gasteiger partial charge in [0.2, 0.25) is 0 Å². The van der Waals surface area contributed by atoms with E-state index in [-0.39, 0.29) is 5.78 Å². The number of H-pyrrole nitrogens is 1. The van der Waals surface area contributed by atoms with Crippen LogP contribution in [0.2, 0.25) is 0 Å². The molecule has 0 aliphatic heterocycles. The highest BCUT2D eigenvalue weighted by Gasteiger charge is 2.20. The van der Waals surface area contributed by atoms with E-state index >= 15 is 0 Å². The van der Waals surface area contributed by atoms with E-state index in [2.05, 4.69) is 11.9 Å². The zero-order valence-corrected chi connectivity index (χ0v) is 12.2. The van der Waals surface area contributed by atoms with Crippen LogP contribution in [0.25, 0.3) is 11.3 Å². The van der Waals surface area contributed by atoms with Crippen molar-refractivity contribution in [2.24, 2.45) is 0 Å². The second-order valence-corrected chi connectivity index (χ2v) is 5.06. The third kappa shape index (κ3) is 2.77. The molecule has 0 atom stereocenters. The fourth-order valence-corrected chi connectivity index (χ4v) is 2.51. The van der Waals surface area contributed by atoms with Crippen molar-refractivity contribution in [1.82, 2.24) is 4.98 Å². The fraction of sp³-hybridized carbons (Fsp3) is 0.353. The molecule has 0 fully saturated rings. The van der Waals surface area contributed by atoms with Crippen molar-refractivity contribution in [2.75, 3.05) is 5.73 Å². The van der Waals surface area contributed by atoms with Crippen molar-refractivity contribution in [3.05, 3.63) is 41.6 Å². The third-order valence-corrected chi connectivity index (χ3v) is 3.43. The number of rotatable bonds is 6. The van der Waals surface area contributed by atoms with Crippen LogP contribution in [0.15, 0.2) is 30.3 Å². The molecule has 0 aliphatic carbocycles. The molecule has 3 heteroatoms. The Labute approximate surface area is 120 Å². The highest BCUT2D eigenvalue weighted by atomic mass is 16.1. The minimum Gasteiger partial charge on any atom is -0.396 e. The minimum atomic E-state index is 0.145. The number of hydrogen-bond donors (Lipinski definition) is 2. The molecule has 0 amide bonds. The summed E-state index contributed by atoms with van der Waals surface area (Å²) < 4.78 is 0. The van der Waals surface area contributed by atoms with Gasteiger partial charge < -0.3 is 10.7 Å². The average Bonchev–Trinajstić information content (AvgIpc) is 2.77. The average molecular weight is 270 g/mol. The van der Waals surface area contributed by atoms with Crippen molar-refractivity contribution in [3.8, 4) is 11.3 Å². The highest BCUT2D eigenvalue weighted by molar-refractivity contribution is 6.05. The van der Waals surface area contributed by atoms with Gasteiger partial charge in [0.1, 0.15) is 0 Å². The first-order chi connectivity index (χ1) is 9.69. The monoisotopic (exact) mass is 270 g/mol. The van der Waals surface area contributed by atoms with E-state index in [9.17, 15) is 4.79 Å². The molecule has 1 heterocycles. The van der Waals surface area contributed by atoms with Crippen molar-refractivity contribution in [3.63, 3.8) is 0 Å². The summed E-state index contributed by atoms with van der Waals surface area (Å²) in [6, 6.07) is 9.93. The number of carbonyl (C=O) groups excluding carboxylic acids is 1. The summed E-state index contributed by atoms with van der Waals surface area (Å²) in [6.07, 6.45) is 3.23. The Kier molecular flexibility index (Phi) is 4.61. The molecule has 20 heavy (non-hydrogen) atoms. The number of aromatic amines is 1. The molecular formula is C17H22N2O. The van der Waals surface area contributed by atoms with Gasteiger partial charge in [0.25, 0.3) is 0 Å². The molecule has 0 spiro atoms. The van der Waals surface area contributed by atoms with Gasteiger partial charge in [-0.2, -0.15) is 0 Å². The first kappa shape index (κ1) is 14.4. The van der Waals surface area contributed by atoms with Gasteiger partial charge >= 0.3 is 0 Å². The number of aromatic nitrogens is 1. The van der Waals surface area contributed by atoms with Crippen LogP contribution in [0.1, 0.15) is 49.2 Å². The number of nitrogen functional groups attached to an aromatic ring is 1. The molecule has 1 aromatic heterocycles. The molecule has 3 N–H and O–H groups in total. The lowest BCUT2D eigenvalue weighted by atomic mass is 10.0. The van der Waals surface area contributed by atoms with Gasteiger partial charge in [-0.05, 0) is 12.8 Å². The zero-order chi connectivity index (χ0) is 14.5. The first-order valence-corrected chi connectivity index (χ1v) is 7.27. The Bertz CT molecular complexity index is 585. The van der Waals surface area contributed by atoms with E-state index in [0.717, 1.165) is 36.2 Å². The second-order valence-electron chi connectivity index (χ2n) is 5.06. The van der Waals surface area contributed by atoms with Gasteiger partial charge in [-0.25, -0.2) is 0 Å². The second kappa shape index (κ2) is 6.42. The quantitative estimate of drug-likeness (QED) is 0.773. The van der Waals surface area contributed by atoms with Crippen LogP contribution in [0, 0.1) is 0 Å². The van der Waals surface area contributed by atoms with Crippen LogP contribution in [0.3, 0.4) is 0 Å². The molecule has 106 valence electrons. The number of nitrogens with two attached hydrogens (primary N) is 1. The third-order valence-electron chi connectivity index (χ3n) is 3.43. The SMILES string of the molecule is CCCC(=O)c1c(CCC)[nH]c(-c2ccccc2)c1N. The predicted molar refractivity (Wildman–Crippen MR) is 83.9 cm³/mol. The van der Waals surface area contributed by atoms with E-state index in [4.69, 9.17) is 5.73 Å². The number of ketones is 1. The van der Waals surface area contributed by atoms with Gasteiger partial charge in [-0.1, -0.05) is 50.6 Å². The zero-order valence-electron chi connectivity index (χ0n) is 12.2. The minimum absolute atomic E-state index is 0.145. The van der Waals surface area contributed by atoms with Gasteiger partial charge in [0.05, 0.1) is 16.9 Å². The smallest absolute Gasteiger partial charge is 0.166 e. The van der Waals surface area contributed by atoms with Gasteiger partial charge in [0.15, 0.2) is 5.78 Å². The van der Waals surface area contributed by atoms with E-state index in [0.29, 0.717) is 17.7 Å². The molecule has 0 radical (unpaired) electrons. The molecule has 0 unspecified atom stereocenters. The van der Waals surface area contributed by atoms with Gasteiger partial charge in [-0.15, -0.1) is 0 Å². The summed E-state index contributed by atoms with van der Waals surface area (Å²) in [5.41, 5.74) is 10.4. The molecule has 0 aliphatic rings. The van der Waals surface area contributed by atoms with E-state index < -0.39 is 0 Å². The Hall–Kier alpha value is -2.03. The number of carbonyl (C=O) groups is 1. The molecule has 1 aromatic carbocycles. The standard InChI is InChI=1S/C17H22N2O/c1-3-8-13-15(14(20)9-4-2)16(18)17(19-13)12-10-6-5-7-11-12/h5-7,10-11,19H,3-4,8-9,18H2,1-2H3. The number of benzene rings is 1. The lowest BCUT2D eigenvalue weighted by molar-refractivity contribution is 0.0982. The molecule has 2 aromatic rings. The topological polar surface area (TPSA) is 58.9 Å². The number of hydrogen-bond acceptors (Lipinski definition) is 2. The number of Topliss-reactive ketones (excluding diaryl/α,β-unsaturated/α-hetero) is 1. The summed E-state index contributed by atoms with van der Waals surface area (Å²) in [5, 5.41) is 0.